The number of rotatable bonds is 3. The largest absolute Gasteiger partial charge is 0.294 e. The fourth-order valence-electron chi connectivity index (χ4n) is 2.82. The van der Waals surface area contributed by atoms with Crippen LogP contribution in [0.1, 0.15) is 37.3 Å². The lowest BCUT2D eigenvalue weighted by Crippen LogP contribution is -2.14. The van der Waals surface area contributed by atoms with E-state index in [1.807, 2.05) is 0 Å². The summed E-state index contributed by atoms with van der Waals surface area (Å²) in [7, 11) is 0. The van der Waals surface area contributed by atoms with Crippen molar-refractivity contribution in [2.45, 2.75) is 31.6 Å². The van der Waals surface area contributed by atoms with Gasteiger partial charge in [0.05, 0.1) is 16.3 Å². The Morgan fingerprint density at radius 2 is 1.86 bits per heavy atom. The van der Waals surface area contributed by atoms with Gasteiger partial charge >= 0.3 is 0 Å². The summed E-state index contributed by atoms with van der Waals surface area (Å²) < 4.78 is 1.99. The van der Waals surface area contributed by atoms with Crippen molar-refractivity contribution in [3.05, 3.63) is 54.9 Å². The molecule has 0 bridgehead atoms. The maximum absolute atomic E-state index is 12.3. The number of aromatic nitrogens is 2. The highest BCUT2D eigenvalue weighted by molar-refractivity contribution is 9.10. The van der Waals surface area contributed by atoms with Gasteiger partial charge in [0.15, 0.2) is 0 Å². The third-order valence-corrected chi connectivity index (χ3v) is 4.71. The summed E-state index contributed by atoms with van der Waals surface area (Å²) in [4.78, 5) is 22.5. The monoisotopic (exact) mass is 351 g/mol. The minimum Gasteiger partial charge on any atom is -0.294 e. The normalized spacial score (nSPS) is 15.5. The van der Waals surface area contributed by atoms with Gasteiger partial charge in [-0.3, -0.25) is 20.0 Å². The molecule has 1 aromatic carbocycles. The molecule has 6 nitrogen and oxygen atoms in total. The van der Waals surface area contributed by atoms with E-state index in [9.17, 15) is 14.9 Å². The zero-order valence-corrected chi connectivity index (χ0v) is 12.8. The predicted octanol–water partition coefficient (Wildman–Crippen LogP) is 3.49. The number of nitro benzene ring substituents is 1. The van der Waals surface area contributed by atoms with E-state index in [1.54, 1.807) is 12.1 Å². The quantitative estimate of drug-likeness (QED) is 0.678. The van der Waals surface area contributed by atoms with Crippen LogP contribution in [0.3, 0.4) is 0 Å². The van der Waals surface area contributed by atoms with E-state index in [4.69, 9.17) is 0 Å². The van der Waals surface area contributed by atoms with Gasteiger partial charge in [0.25, 0.3) is 11.2 Å². The minimum atomic E-state index is -0.457. The van der Waals surface area contributed by atoms with Gasteiger partial charge in [0.1, 0.15) is 4.47 Å². The van der Waals surface area contributed by atoms with E-state index < -0.39 is 4.92 Å². The summed E-state index contributed by atoms with van der Waals surface area (Å²) in [6.45, 7) is 0. The zero-order valence-electron chi connectivity index (χ0n) is 11.2. The average molecular weight is 352 g/mol. The van der Waals surface area contributed by atoms with Crippen molar-refractivity contribution in [2.24, 2.45) is 0 Å². The highest BCUT2D eigenvalue weighted by Crippen LogP contribution is 2.35. The van der Waals surface area contributed by atoms with Gasteiger partial charge < -0.3 is 0 Å². The van der Waals surface area contributed by atoms with Crippen LogP contribution >= 0.6 is 15.9 Å². The van der Waals surface area contributed by atoms with Crippen LogP contribution in [0.15, 0.2) is 33.5 Å². The van der Waals surface area contributed by atoms with Gasteiger partial charge in [0, 0.05) is 18.1 Å². The minimum absolute atomic E-state index is 0.00781. The molecule has 1 aliphatic carbocycles. The lowest BCUT2D eigenvalue weighted by Gasteiger charge is -2.07. The van der Waals surface area contributed by atoms with Crippen molar-refractivity contribution in [2.75, 3.05) is 0 Å². The predicted molar refractivity (Wildman–Crippen MR) is 82.0 cm³/mol. The number of nitrogens with one attached hydrogen (secondary N) is 1. The maximum Gasteiger partial charge on any atom is 0.285 e. The first-order valence-corrected chi connectivity index (χ1v) is 7.62. The van der Waals surface area contributed by atoms with Gasteiger partial charge in [-0.15, -0.1) is 0 Å². The Bertz CT molecular complexity index is 727. The molecule has 1 saturated carbocycles. The van der Waals surface area contributed by atoms with Crippen molar-refractivity contribution in [3.63, 3.8) is 0 Å². The van der Waals surface area contributed by atoms with E-state index in [1.165, 1.54) is 29.7 Å². The number of benzene rings is 1. The molecule has 1 N–H and O–H groups in total. The summed E-state index contributed by atoms with van der Waals surface area (Å²) in [6.07, 6.45) is 4.53. The van der Waals surface area contributed by atoms with E-state index >= 15 is 0 Å². The fraction of sp³-hybridized carbons (Fsp3) is 0.357. The molecule has 110 valence electrons. The topological polar surface area (TPSA) is 80.9 Å². The van der Waals surface area contributed by atoms with Gasteiger partial charge in [-0.05, 0) is 40.9 Å². The van der Waals surface area contributed by atoms with Gasteiger partial charge in [-0.1, -0.05) is 12.8 Å². The average Bonchev–Trinajstić information content (AvgIpc) is 3.09. The molecule has 0 radical (unpaired) electrons. The number of aromatic amines is 1. The standard InChI is InChI=1S/C14H14BrN3O3/c15-12-13(9-3-1-2-4-9)16-17(14(12)19)10-5-7-11(8-6-10)18(20)21/h5-9,16H,1-4H2. The molecule has 2 aromatic rings. The van der Waals surface area contributed by atoms with Crippen LogP contribution in [-0.4, -0.2) is 14.7 Å². The Kier molecular flexibility index (Phi) is 3.67. The molecule has 1 heterocycles. The van der Waals surface area contributed by atoms with Crippen molar-refractivity contribution in [1.82, 2.24) is 9.78 Å². The SMILES string of the molecule is O=c1c(Br)c(C2CCCC2)[nH]n1-c1ccc([N+](=O)[O-])cc1. The number of nitro groups is 1. The smallest absolute Gasteiger partial charge is 0.285 e. The van der Waals surface area contributed by atoms with Crippen LogP contribution in [-0.2, 0) is 0 Å². The van der Waals surface area contributed by atoms with E-state index in [0.717, 1.165) is 18.5 Å². The van der Waals surface area contributed by atoms with Crippen LogP contribution < -0.4 is 5.56 Å². The van der Waals surface area contributed by atoms with Crippen molar-refractivity contribution >= 4 is 21.6 Å². The van der Waals surface area contributed by atoms with E-state index in [-0.39, 0.29) is 11.2 Å². The Hall–Kier alpha value is -1.89. The first-order valence-electron chi connectivity index (χ1n) is 6.83. The van der Waals surface area contributed by atoms with Crippen molar-refractivity contribution in [1.29, 1.82) is 0 Å². The van der Waals surface area contributed by atoms with Gasteiger partial charge in [0.2, 0.25) is 0 Å². The summed E-state index contributed by atoms with van der Waals surface area (Å²) in [5.41, 5.74) is 1.37. The number of non-ortho nitro benzene ring substituents is 1. The lowest BCUT2D eigenvalue weighted by atomic mass is 10.1. The summed E-state index contributed by atoms with van der Waals surface area (Å²) in [5, 5.41) is 13.8. The van der Waals surface area contributed by atoms with Crippen LogP contribution in [0.2, 0.25) is 0 Å². The number of hydrogen-bond acceptors (Lipinski definition) is 3. The molecule has 0 spiro atoms. The Labute approximate surface area is 129 Å². The van der Waals surface area contributed by atoms with Gasteiger partial charge in [-0.25, -0.2) is 4.68 Å². The van der Waals surface area contributed by atoms with Crippen molar-refractivity contribution in [3.8, 4) is 5.69 Å². The maximum atomic E-state index is 12.3. The highest BCUT2D eigenvalue weighted by atomic mass is 79.9. The first-order chi connectivity index (χ1) is 10.1. The number of hydrogen-bond donors (Lipinski definition) is 1. The molecular weight excluding hydrogens is 338 g/mol. The molecule has 1 fully saturated rings. The Morgan fingerprint density at radius 1 is 1.24 bits per heavy atom. The molecule has 7 heteroatoms. The second-order valence-electron chi connectivity index (χ2n) is 5.23. The van der Waals surface area contributed by atoms with Crippen LogP contribution in [0.4, 0.5) is 5.69 Å². The number of H-pyrrole nitrogens is 1. The summed E-state index contributed by atoms with van der Waals surface area (Å²) >= 11 is 3.37. The molecule has 0 aliphatic heterocycles. The second kappa shape index (κ2) is 5.48. The molecule has 3 rings (SSSR count). The first kappa shape index (κ1) is 14.1. The second-order valence-corrected chi connectivity index (χ2v) is 6.03. The third-order valence-electron chi connectivity index (χ3n) is 3.94. The summed E-state index contributed by atoms with van der Waals surface area (Å²) in [6, 6.07) is 5.93. The molecule has 0 saturated heterocycles. The molecule has 0 atom stereocenters. The molecule has 1 aromatic heterocycles. The highest BCUT2D eigenvalue weighted by Gasteiger charge is 2.24. The molecule has 1 aliphatic rings. The van der Waals surface area contributed by atoms with Gasteiger partial charge in [-0.2, -0.15) is 0 Å². The van der Waals surface area contributed by atoms with Crippen LogP contribution in [0, 0.1) is 10.1 Å². The number of halogens is 1. The third kappa shape index (κ3) is 2.53. The summed E-state index contributed by atoms with van der Waals surface area (Å²) in [5.74, 6) is 0.381. The Balaban J connectivity index is 2.00. The number of nitrogens with zero attached hydrogens (tertiary/aromatic N) is 2. The van der Waals surface area contributed by atoms with Crippen LogP contribution in [0.5, 0.6) is 0 Å². The molecule has 0 unspecified atom stereocenters. The molecule has 21 heavy (non-hydrogen) atoms. The van der Waals surface area contributed by atoms with Crippen molar-refractivity contribution < 1.29 is 4.92 Å². The van der Waals surface area contributed by atoms with Crippen LogP contribution in [0.25, 0.3) is 5.69 Å². The zero-order chi connectivity index (χ0) is 15.0. The van der Waals surface area contributed by atoms with E-state index in [0.29, 0.717) is 16.1 Å². The molecule has 0 amide bonds. The molecular formula is C14H14BrN3O3. The lowest BCUT2D eigenvalue weighted by molar-refractivity contribution is -0.384. The fourth-order valence-corrected chi connectivity index (χ4v) is 3.41. The Morgan fingerprint density at radius 3 is 2.43 bits per heavy atom. The van der Waals surface area contributed by atoms with E-state index in [2.05, 4.69) is 21.0 Å².